The Bertz CT molecular complexity index is 396. The molecule has 0 radical (unpaired) electrons. The van der Waals surface area contributed by atoms with E-state index >= 15 is 0 Å². The van der Waals surface area contributed by atoms with Crippen LogP contribution in [-0.2, 0) is 13.1 Å². The lowest BCUT2D eigenvalue weighted by atomic mass is 10.4. The van der Waals surface area contributed by atoms with Crippen molar-refractivity contribution >= 4 is 0 Å². The Kier molecular flexibility index (Phi) is 3.04. The van der Waals surface area contributed by atoms with Crippen LogP contribution in [0.5, 0.6) is 0 Å². The van der Waals surface area contributed by atoms with Gasteiger partial charge in [-0.1, -0.05) is 0 Å². The van der Waals surface area contributed by atoms with Crippen molar-refractivity contribution < 1.29 is 4.42 Å². The summed E-state index contributed by atoms with van der Waals surface area (Å²) >= 11 is 0. The maximum Gasteiger partial charge on any atom is 0.180 e. The Hall–Kier alpha value is -1.75. The molecule has 0 aromatic carbocycles. The molecule has 0 aliphatic rings. The number of aromatic nitrogens is 3. The summed E-state index contributed by atoms with van der Waals surface area (Å²) in [6.45, 7) is 3.24. The third-order valence-electron chi connectivity index (χ3n) is 1.92. The molecule has 1 N–H and O–H groups in total. The maximum atomic E-state index is 5.08. The van der Waals surface area contributed by atoms with Crippen LogP contribution in [0.1, 0.15) is 17.1 Å². The predicted molar refractivity (Wildman–Crippen MR) is 53.8 cm³/mol. The minimum atomic E-state index is 0.648. The molecule has 0 aliphatic heterocycles. The second-order valence-corrected chi connectivity index (χ2v) is 3.22. The molecule has 0 spiro atoms. The van der Waals surface area contributed by atoms with Crippen LogP contribution in [-0.4, -0.2) is 15.0 Å². The normalized spacial score (nSPS) is 10.5. The van der Waals surface area contributed by atoms with Crippen LogP contribution in [0.2, 0.25) is 0 Å². The van der Waals surface area contributed by atoms with Gasteiger partial charge < -0.3 is 9.73 Å². The molecule has 2 heterocycles. The standard InChI is InChI=1S/C10H12N4O/c1-8-2-14-9(4-13-8)3-11-5-10-6-12-7-15-10/h2,4,6-7,11H,3,5H2,1H3. The van der Waals surface area contributed by atoms with Gasteiger partial charge in [0.25, 0.3) is 0 Å². The third kappa shape index (κ3) is 2.85. The molecule has 0 bridgehead atoms. The van der Waals surface area contributed by atoms with Gasteiger partial charge in [0.1, 0.15) is 5.76 Å². The van der Waals surface area contributed by atoms with E-state index in [1.807, 2.05) is 6.92 Å². The van der Waals surface area contributed by atoms with Gasteiger partial charge in [-0.25, -0.2) is 4.98 Å². The monoisotopic (exact) mass is 204 g/mol. The average Bonchev–Trinajstić information content (AvgIpc) is 2.74. The van der Waals surface area contributed by atoms with Gasteiger partial charge in [0, 0.05) is 18.9 Å². The van der Waals surface area contributed by atoms with Crippen molar-refractivity contribution in [2.24, 2.45) is 0 Å². The lowest BCUT2D eigenvalue weighted by Crippen LogP contribution is -2.13. The molecule has 0 saturated heterocycles. The SMILES string of the molecule is Cc1cnc(CNCc2cnco2)cn1. The van der Waals surface area contributed by atoms with Crippen molar-refractivity contribution in [3.05, 3.63) is 42.1 Å². The van der Waals surface area contributed by atoms with Crippen molar-refractivity contribution in [1.82, 2.24) is 20.3 Å². The van der Waals surface area contributed by atoms with Gasteiger partial charge >= 0.3 is 0 Å². The Morgan fingerprint density at radius 2 is 2.13 bits per heavy atom. The topological polar surface area (TPSA) is 63.8 Å². The lowest BCUT2D eigenvalue weighted by molar-refractivity contribution is 0.477. The van der Waals surface area contributed by atoms with Gasteiger partial charge in [-0.3, -0.25) is 9.97 Å². The van der Waals surface area contributed by atoms with Crippen molar-refractivity contribution in [2.45, 2.75) is 20.0 Å². The van der Waals surface area contributed by atoms with E-state index in [0.717, 1.165) is 17.1 Å². The van der Waals surface area contributed by atoms with Gasteiger partial charge in [-0.2, -0.15) is 0 Å². The van der Waals surface area contributed by atoms with Crippen LogP contribution in [0.15, 0.2) is 29.4 Å². The van der Waals surface area contributed by atoms with Gasteiger partial charge in [0.2, 0.25) is 0 Å². The largest absolute Gasteiger partial charge is 0.447 e. The highest BCUT2D eigenvalue weighted by Crippen LogP contribution is 1.97. The molecule has 0 atom stereocenters. The van der Waals surface area contributed by atoms with E-state index in [2.05, 4.69) is 20.3 Å². The first-order valence-electron chi connectivity index (χ1n) is 4.70. The fourth-order valence-corrected chi connectivity index (χ4v) is 1.15. The number of nitrogens with zero attached hydrogens (tertiary/aromatic N) is 3. The summed E-state index contributed by atoms with van der Waals surface area (Å²) in [5, 5.41) is 3.19. The Morgan fingerprint density at radius 3 is 2.80 bits per heavy atom. The van der Waals surface area contributed by atoms with E-state index in [1.54, 1.807) is 18.6 Å². The summed E-state index contributed by atoms with van der Waals surface area (Å²) in [5.41, 5.74) is 1.84. The van der Waals surface area contributed by atoms with Crippen LogP contribution in [0.4, 0.5) is 0 Å². The molecular weight excluding hydrogens is 192 g/mol. The zero-order valence-electron chi connectivity index (χ0n) is 8.47. The minimum Gasteiger partial charge on any atom is -0.447 e. The highest BCUT2D eigenvalue weighted by Gasteiger charge is 1.97. The summed E-state index contributed by atoms with van der Waals surface area (Å²) in [4.78, 5) is 12.2. The Balaban J connectivity index is 1.81. The second-order valence-electron chi connectivity index (χ2n) is 3.22. The Morgan fingerprint density at radius 1 is 1.20 bits per heavy atom. The molecule has 2 aromatic rings. The summed E-state index contributed by atoms with van der Waals surface area (Å²) in [6, 6.07) is 0. The van der Waals surface area contributed by atoms with Crippen molar-refractivity contribution in [1.29, 1.82) is 0 Å². The first kappa shape index (κ1) is 9.79. The number of nitrogens with one attached hydrogen (secondary N) is 1. The molecule has 15 heavy (non-hydrogen) atoms. The summed E-state index contributed by atoms with van der Waals surface area (Å²) in [6.07, 6.45) is 6.63. The molecule has 78 valence electrons. The molecular formula is C10H12N4O. The molecule has 2 aromatic heterocycles. The van der Waals surface area contributed by atoms with Crippen molar-refractivity contribution in [2.75, 3.05) is 0 Å². The Labute approximate surface area is 87.6 Å². The molecule has 0 saturated carbocycles. The van der Waals surface area contributed by atoms with Crippen LogP contribution in [0.3, 0.4) is 0 Å². The molecule has 5 heteroatoms. The van der Waals surface area contributed by atoms with E-state index < -0.39 is 0 Å². The van der Waals surface area contributed by atoms with E-state index in [9.17, 15) is 0 Å². The summed E-state index contributed by atoms with van der Waals surface area (Å²) in [5.74, 6) is 0.815. The first-order valence-corrected chi connectivity index (χ1v) is 4.70. The zero-order chi connectivity index (χ0) is 10.5. The minimum absolute atomic E-state index is 0.648. The summed E-state index contributed by atoms with van der Waals surface area (Å²) < 4.78 is 5.08. The quantitative estimate of drug-likeness (QED) is 0.806. The first-order chi connectivity index (χ1) is 7.34. The third-order valence-corrected chi connectivity index (χ3v) is 1.92. The second kappa shape index (κ2) is 4.65. The smallest absolute Gasteiger partial charge is 0.180 e. The molecule has 0 aliphatic carbocycles. The van der Waals surface area contributed by atoms with Crippen molar-refractivity contribution in [3.63, 3.8) is 0 Å². The van der Waals surface area contributed by atoms with Gasteiger partial charge in [-0.05, 0) is 6.92 Å². The molecule has 5 nitrogen and oxygen atoms in total. The fourth-order valence-electron chi connectivity index (χ4n) is 1.15. The predicted octanol–water partition coefficient (Wildman–Crippen LogP) is 1.06. The maximum absolute atomic E-state index is 5.08. The molecule has 0 fully saturated rings. The number of aryl methyl sites for hydroxylation is 1. The lowest BCUT2D eigenvalue weighted by Gasteiger charge is -2.01. The van der Waals surface area contributed by atoms with Crippen LogP contribution in [0, 0.1) is 6.92 Å². The number of hydrogen-bond donors (Lipinski definition) is 1. The van der Waals surface area contributed by atoms with Gasteiger partial charge in [0.15, 0.2) is 6.39 Å². The van der Waals surface area contributed by atoms with Crippen molar-refractivity contribution in [3.8, 4) is 0 Å². The van der Waals surface area contributed by atoms with Gasteiger partial charge in [-0.15, -0.1) is 0 Å². The van der Waals surface area contributed by atoms with E-state index in [-0.39, 0.29) is 0 Å². The zero-order valence-corrected chi connectivity index (χ0v) is 8.47. The molecule has 0 amide bonds. The van der Waals surface area contributed by atoms with E-state index in [1.165, 1.54) is 6.39 Å². The number of hydrogen-bond acceptors (Lipinski definition) is 5. The summed E-state index contributed by atoms with van der Waals surface area (Å²) in [7, 11) is 0. The highest BCUT2D eigenvalue weighted by atomic mass is 16.3. The van der Waals surface area contributed by atoms with Crippen LogP contribution >= 0.6 is 0 Å². The fraction of sp³-hybridized carbons (Fsp3) is 0.300. The molecule has 0 unspecified atom stereocenters. The van der Waals surface area contributed by atoms with Crippen LogP contribution in [0.25, 0.3) is 0 Å². The average molecular weight is 204 g/mol. The number of oxazole rings is 1. The number of rotatable bonds is 4. The highest BCUT2D eigenvalue weighted by molar-refractivity contribution is 5.00. The van der Waals surface area contributed by atoms with Crippen LogP contribution < -0.4 is 5.32 Å². The van der Waals surface area contributed by atoms with E-state index in [4.69, 9.17) is 4.42 Å². The van der Waals surface area contributed by atoms with E-state index in [0.29, 0.717) is 13.1 Å². The molecule has 2 rings (SSSR count). The van der Waals surface area contributed by atoms with Gasteiger partial charge in [0.05, 0.1) is 24.1 Å².